The first kappa shape index (κ1) is 25.2. The molecule has 1 N–H and O–H groups in total. The first-order valence-electron chi connectivity index (χ1n) is 11.7. The number of rotatable bonds is 7. The number of imide groups is 1. The minimum absolute atomic E-state index is 0.200. The van der Waals surface area contributed by atoms with Gasteiger partial charge in [-0.2, -0.15) is 0 Å². The fraction of sp³-hybridized carbons (Fsp3) is 0.423. The van der Waals surface area contributed by atoms with Gasteiger partial charge >= 0.3 is 6.03 Å². The van der Waals surface area contributed by atoms with Crippen molar-refractivity contribution in [2.75, 3.05) is 31.0 Å². The van der Waals surface area contributed by atoms with Gasteiger partial charge in [-0.15, -0.1) is 0 Å². The summed E-state index contributed by atoms with van der Waals surface area (Å²) in [7, 11) is 3.16. The number of aryl methyl sites for hydroxylation is 1. The van der Waals surface area contributed by atoms with E-state index >= 15 is 0 Å². The number of methoxy groups -OCH3 is 2. The average molecular weight is 500 g/mol. The Morgan fingerprint density at radius 2 is 1.74 bits per heavy atom. The number of hydrogen-bond acceptors (Lipinski definition) is 5. The molecule has 1 aliphatic carbocycles. The van der Waals surface area contributed by atoms with Crippen LogP contribution < -0.4 is 10.2 Å². The molecule has 0 radical (unpaired) electrons. The quantitative estimate of drug-likeness (QED) is 0.619. The van der Waals surface area contributed by atoms with Gasteiger partial charge in [0.2, 0.25) is 11.8 Å². The second-order valence-electron chi connectivity index (χ2n) is 8.86. The van der Waals surface area contributed by atoms with Crippen molar-refractivity contribution >= 4 is 40.8 Å². The van der Waals surface area contributed by atoms with E-state index in [1.807, 2.05) is 24.3 Å². The lowest BCUT2D eigenvalue weighted by molar-refractivity contribution is -0.139. The lowest BCUT2D eigenvalue weighted by Gasteiger charge is -2.49. The molecule has 2 aliphatic rings. The maximum absolute atomic E-state index is 13.7. The predicted molar refractivity (Wildman–Crippen MR) is 134 cm³/mol. The number of nitrogens with zero attached hydrogens (tertiary/aromatic N) is 2. The van der Waals surface area contributed by atoms with Gasteiger partial charge in [-0.1, -0.05) is 36.7 Å². The second-order valence-corrected chi connectivity index (χ2v) is 9.29. The molecule has 9 heteroatoms. The van der Waals surface area contributed by atoms with E-state index in [0.29, 0.717) is 29.2 Å². The minimum Gasteiger partial charge on any atom is -0.379 e. The third-order valence-electron chi connectivity index (χ3n) is 6.85. The molecule has 1 aliphatic heterocycles. The fourth-order valence-electron chi connectivity index (χ4n) is 4.97. The number of hydrogen-bond donors (Lipinski definition) is 1. The van der Waals surface area contributed by atoms with Crippen molar-refractivity contribution in [1.82, 2.24) is 4.90 Å². The number of urea groups is 1. The SMILES string of the molecule is CCc1ccc(NC(=O)CN2C(=O)N(c3cccc(Cl)c3)C(=O)C3CC(OC)C(OC)CC32)cc1. The van der Waals surface area contributed by atoms with E-state index in [1.54, 1.807) is 38.5 Å². The van der Waals surface area contributed by atoms with E-state index in [9.17, 15) is 14.4 Å². The van der Waals surface area contributed by atoms with Gasteiger partial charge in [-0.25, -0.2) is 9.69 Å². The summed E-state index contributed by atoms with van der Waals surface area (Å²) >= 11 is 6.15. The number of amides is 4. The van der Waals surface area contributed by atoms with Crippen LogP contribution in [0.25, 0.3) is 0 Å². The van der Waals surface area contributed by atoms with Crippen LogP contribution in [0.2, 0.25) is 5.02 Å². The molecule has 0 spiro atoms. The first-order valence-corrected chi connectivity index (χ1v) is 12.1. The first-order chi connectivity index (χ1) is 16.9. The Morgan fingerprint density at radius 1 is 1.06 bits per heavy atom. The molecule has 0 aromatic heterocycles. The monoisotopic (exact) mass is 499 g/mol. The lowest BCUT2D eigenvalue weighted by Crippen LogP contribution is -2.66. The number of halogens is 1. The third-order valence-corrected chi connectivity index (χ3v) is 7.08. The number of fused-ring (bicyclic) bond motifs is 1. The highest BCUT2D eigenvalue weighted by Crippen LogP contribution is 2.38. The standard InChI is InChI=1S/C26H30ClN3O5/c1-4-16-8-10-18(11-9-16)28-24(31)15-29-21-14-23(35-3)22(34-2)13-20(21)25(32)30(26(29)33)19-7-5-6-17(27)12-19/h5-12,20-23H,4,13-15H2,1-3H3,(H,28,31). The van der Waals surface area contributed by atoms with Crippen molar-refractivity contribution in [3.05, 3.63) is 59.1 Å². The Morgan fingerprint density at radius 3 is 2.37 bits per heavy atom. The van der Waals surface area contributed by atoms with Gasteiger partial charge < -0.3 is 19.7 Å². The number of benzene rings is 2. The molecule has 186 valence electrons. The van der Waals surface area contributed by atoms with Gasteiger partial charge in [0.15, 0.2) is 0 Å². The zero-order valence-corrected chi connectivity index (χ0v) is 20.8. The summed E-state index contributed by atoms with van der Waals surface area (Å²) in [4.78, 5) is 42.8. The zero-order chi connectivity index (χ0) is 25.1. The molecule has 4 rings (SSSR count). The topological polar surface area (TPSA) is 88.2 Å². The molecule has 2 fully saturated rings. The molecule has 1 heterocycles. The number of carbonyl (C=O) groups is 3. The smallest absolute Gasteiger partial charge is 0.332 e. The van der Waals surface area contributed by atoms with Crippen LogP contribution in [-0.2, 0) is 25.5 Å². The molecule has 1 saturated carbocycles. The molecule has 2 aromatic rings. The second kappa shape index (κ2) is 10.8. The van der Waals surface area contributed by atoms with Crippen LogP contribution in [0.15, 0.2) is 48.5 Å². The Kier molecular flexibility index (Phi) is 7.74. The van der Waals surface area contributed by atoms with Gasteiger partial charge in [-0.3, -0.25) is 9.59 Å². The van der Waals surface area contributed by atoms with E-state index < -0.39 is 18.0 Å². The summed E-state index contributed by atoms with van der Waals surface area (Å²) in [5, 5.41) is 3.27. The molecule has 4 unspecified atom stereocenters. The third kappa shape index (κ3) is 5.19. The highest BCUT2D eigenvalue weighted by Gasteiger charge is 2.52. The fourth-order valence-corrected chi connectivity index (χ4v) is 5.15. The van der Waals surface area contributed by atoms with Crippen molar-refractivity contribution in [2.45, 2.75) is 44.4 Å². The van der Waals surface area contributed by atoms with Crippen molar-refractivity contribution < 1.29 is 23.9 Å². The van der Waals surface area contributed by atoms with Gasteiger partial charge in [0.25, 0.3) is 0 Å². The van der Waals surface area contributed by atoms with Gasteiger partial charge in [0, 0.05) is 31.0 Å². The summed E-state index contributed by atoms with van der Waals surface area (Å²) in [6, 6.07) is 13.1. The van der Waals surface area contributed by atoms with E-state index in [-0.39, 0.29) is 30.6 Å². The molecule has 1 saturated heterocycles. The minimum atomic E-state index is -0.555. The zero-order valence-electron chi connectivity index (χ0n) is 20.1. The van der Waals surface area contributed by atoms with Crippen LogP contribution in [0, 0.1) is 5.92 Å². The van der Waals surface area contributed by atoms with E-state index in [2.05, 4.69) is 12.2 Å². The number of nitrogens with one attached hydrogen (secondary N) is 1. The molecule has 2 aromatic carbocycles. The summed E-state index contributed by atoms with van der Waals surface area (Å²) in [5.41, 5.74) is 2.18. The van der Waals surface area contributed by atoms with E-state index in [4.69, 9.17) is 21.1 Å². The summed E-state index contributed by atoms with van der Waals surface area (Å²) < 4.78 is 11.2. The number of carbonyl (C=O) groups excluding carboxylic acids is 3. The van der Waals surface area contributed by atoms with Gasteiger partial charge in [0.1, 0.15) is 6.54 Å². The van der Waals surface area contributed by atoms with Gasteiger partial charge in [0.05, 0.1) is 23.8 Å². The van der Waals surface area contributed by atoms with Crippen molar-refractivity contribution in [1.29, 1.82) is 0 Å². The Bertz CT molecular complexity index is 1090. The normalized spacial score (nSPS) is 24.3. The largest absolute Gasteiger partial charge is 0.379 e. The van der Waals surface area contributed by atoms with Crippen molar-refractivity contribution in [3.8, 4) is 0 Å². The molecular formula is C26H30ClN3O5. The van der Waals surface area contributed by atoms with Crippen LogP contribution >= 0.6 is 11.6 Å². The molecule has 4 amide bonds. The maximum atomic E-state index is 13.7. The van der Waals surface area contributed by atoms with Crippen LogP contribution in [0.1, 0.15) is 25.3 Å². The average Bonchev–Trinajstić information content (AvgIpc) is 2.86. The maximum Gasteiger partial charge on any atom is 0.332 e. The van der Waals surface area contributed by atoms with Crippen molar-refractivity contribution in [3.63, 3.8) is 0 Å². The summed E-state index contributed by atoms with van der Waals surface area (Å²) in [6.07, 6.45) is 1.06. The van der Waals surface area contributed by atoms with Gasteiger partial charge in [-0.05, 0) is 55.2 Å². The van der Waals surface area contributed by atoms with Crippen LogP contribution in [0.5, 0.6) is 0 Å². The molecule has 0 bridgehead atoms. The molecule has 8 nitrogen and oxygen atoms in total. The predicted octanol–water partition coefficient (Wildman–Crippen LogP) is 4.12. The highest BCUT2D eigenvalue weighted by atomic mass is 35.5. The summed E-state index contributed by atoms with van der Waals surface area (Å²) in [5.74, 6) is -1.21. The lowest BCUT2D eigenvalue weighted by atomic mass is 9.78. The Hall–Kier alpha value is -2.94. The Balaban J connectivity index is 1.63. The van der Waals surface area contributed by atoms with Crippen LogP contribution in [0.3, 0.4) is 0 Å². The highest BCUT2D eigenvalue weighted by molar-refractivity contribution is 6.31. The summed E-state index contributed by atoms with van der Waals surface area (Å²) in [6.45, 7) is 1.86. The van der Waals surface area contributed by atoms with E-state index in [0.717, 1.165) is 16.9 Å². The molecular weight excluding hydrogens is 470 g/mol. The van der Waals surface area contributed by atoms with Crippen LogP contribution in [0.4, 0.5) is 16.2 Å². The number of anilines is 2. The van der Waals surface area contributed by atoms with Crippen LogP contribution in [-0.4, -0.2) is 61.8 Å². The molecule has 35 heavy (non-hydrogen) atoms. The Labute approximate surface area is 210 Å². The molecule has 4 atom stereocenters. The van der Waals surface area contributed by atoms with Crippen molar-refractivity contribution in [2.24, 2.45) is 5.92 Å². The number of ether oxygens (including phenoxy) is 2. The van der Waals surface area contributed by atoms with E-state index in [1.165, 1.54) is 4.90 Å².